The van der Waals surface area contributed by atoms with Gasteiger partial charge < -0.3 is 10.6 Å². The van der Waals surface area contributed by atoms with Crippen molar-refractivity contribution in [3.63, 3.8) is 0 Å². The summed E-state index contributed by atoms with van der Waals surface area (Å²) in [6.07, 6.45) is 6.71. The molecule has 16 heavy (non-hydrogen) atoms. The van der Waals surface area contributed by atoms with Gasteiger partial charge in [0.25, 0.3) is 0 Å². The predicted molar refractivity (Wildman–Crippen MR) is 65.2 cm³/mol. The lowest BCUT2D eigenvalue weighted by molar-refractivity contribution is -0.128. The van der Waals surface area contributed by atoms with Gasteiger partial charge in [0.05, 0.1) is 5.54 Å². The third-order valence-corrected chi connectivity index (χ3v) is 4.46. The number of nitrogens with one attached hydrogen (secondary N) is 2. The lowest BCUT2D eigenvalue weighted by atomic mass is 9.92. The molecule has 0 aromatic rings. The summed E-state index contributed by atoms with van der Waals surface area (Å²) in [5, 5.41) is 6.66. The number of rotatable bonds is 3. The van der Waals surface area contributed by atoms with Gasteiger partial charge in [-0.1, -0.05) is 20.3 Å². The van der Waals surface area contributed by atoms with Crippen molar-refractivity contribution >= 4 is 5.91 Å². The summed E-state index contributed by atoms with van der Waals surface area (Å²) < 4.78 is 0. The zero-order valence-corrected chi connectivity index (χ0v) is 10.5. The Morgan fingerprint density at radius 2 is 2.25 bits per heavy atom. The van der Waals surface area contributed by atoms with Crippen LogP contribution in [-0.4, -0.2) is 24.0 Å². The fourth-order valence-electron chi connectivity index (χ4n) is 3.13. The fraction of sp³-hybridized carbons (Fsp3) is 0.923. The van der Waals surface area contributed by atoms with Crippen molar-refractivity contribution in [1.29, 1.82) is 0 Å². The molecule has 0 aromatic heterocycles. The Hall–Kier alpha value is -0.570. The number of carbonyl (C=O) groups excluding carboxylic acids is 1. The molecule has 1 aliphatic carbocycles. The molecule has 2 aliphatic rings. The highest BCUT2D eigenvalue weighted by molar-refractivity contribution is 5.86. The Kier molecular flexibility index (Phi) is 3.53. The highest BCUT2D eigenvalue weighted by atomic mass is 16.2. The van der Waals surface area contributed by atoms with E-state index in [4.69, 9.17) is 0 Å². The smallest absolute Gasteiger partial charge is 0.240 e. The zero-order valence-electron chi connectivity index (χ0n) is 10.5. The van der Waals surface area contributed by atoms with Crippen molar-refractivity contribution < 1.29 is 4.79 Å². The first-order chi connectivity index (χ1) is 7.68. The molecule has 2 fully saturated rings. The van der Waals surface area contributed by atoms with Crippen molar-refractivity contribution in [2.45, 2.75) is 64.0 Å². The summed E-state index contributed by atoms with van der Waals surface area (Å²) in [5.41, 5.74) is -0.262. The van der Waals surface area contributed by atoms with E-state index in [1.54, 1.807) is 0 Å². The van der Waals surface area contributed by atoms with Gasteiger partial charge in [-0.05, 0) is 44.6 Å². The minimum atomic E-state index is -0.262. The molecule has 0 aromatic carbocycles. The van der Waals surface area contributed by atoms with E-state index in [0.29, 0.717) is 12.0 Å². The molecule has 3 atom stereocenters. The van der Waals surface area contributed by atoms with Crippen LogP contribution in [0.3, 0.4) is 0 Å². The second-order valence-corrected chi connectivity index (χ2v) is 5.45. The highest BCUT2D eigenvalue weighted by Gasteiger charge is 2.40. The molecule has 3 unspecified atom stereocenters. The topological polar surface area (TPSA) is 41.1 Å². The SMILES string of the molecule is CCC1(C(=O)NC2CCCC2C)CCCN1. The van der Waals surface area contributed by atoms with Gasteiger partial charge in [-0.25, -0.2) is 0 Å². The average Bonchev–Trinajstić information content (AvgIpc) is 2.89. The van der Waals surface area contributed by atoms with Crippen LogP contribution in [0.25, 0.3) is 0 Å². The molecule has 1 saturated heterocycles. The predicted octanol–water partition coefficient (Wildman–Crippen LogP) is 1.82. The Morgan fingerprint density at radius 1 is 1.44 bits per heavy atom. The van der Waals surface area contributed by atoms with Crippen LogP contribution in [0.1, 0.15) is 52.4 Å². The summed E-state index contributed by atoms with van der Waals surface area (Å²) in [6, 6.07) is 0.415. The Balaban J connectivity index is 1.96. The van der Waals surface area contributed by atoms with Crippen molar-refractivity contribution in [1.82, 2.24) is 10.6 Å². The van der Waals surface area contributed by atoms with Crippen LogP contribution in [0.2, 0.25) is 0 Å². The normalized spacial score (nSPS) is 38.9. The zero-order chi connectivity index (χ0) is 11.6. The van der Waals surface area contributed by atoms with Gasteiger partial charge in [0, 0.05) is 6.04 Å². The molecule has 1 saturated carbocycles. The Labute approximate surface area is 98.4 Å². The molecule has 2 N–H and O–H groups in total. The largest absolute Gasteiger partial charge is 0.351 e. The standard InChI is InChI=1S/C13H24N2O/c1-3-13(8-5-9-14-13)12(16)15-11-7-4-6-10(11)2/h10-11,14H,3-9H2,1-2H3,(H,15,16). The maximum absolute atomic E-state index is 12.3. The van der Waals surface area contributed by atoms with Gasteiger partial charge >= 0.3 is 0 Å². The first-order valence-electron chi connectivity index (χ1n) is 6.74. The van der Waals surface area contributed by atoms with Crippen LogP contribution in [0.4, 0.5) is 0 Å². The molecule has 1 heterocycles. The van der Waals surface area contributed by atoms with Gasteiger partial charge in [-0.3, -0.25) is 4.79 Å². The molecule has 0 radical (unpaired) electrons. The number of hydrogen-bond acceptors (Lipinski definition) is 2. The highest BCUT2D eigenvalue weighted by Crippen LogP contribution is 2.28. The second kappa shape index (κ2) is 4.74. The van der Waals surface area contributed by atoms with Crippen molar-refractivity contribution in [2.75, 3.05) is 6.54 Å². The monoisotopic (exact) mass is 224 g/mol. The molecule has 0 spiro atoms. The lowest BCUT2D eigenvalue weighted by Gasteiger charge is -2.29. The quantitative estimate of drug-likeness (QED) is 0.768. The maximum Gasteiger partial charge on any atom is 0.240 e. The third kappa shape index (κ3) is 2.10. The van der Waals surface area contributed by atoms with Crippen molar-refractivity contribution in [2.24, 2.45) is 5.92 Å². The van der Waals surface area contributed by atoms with E-state index in [1.807, 2.05) is 0 Å². The average molecular weight is 224 g/mol. The molecular formula is C13H24N2O. The number of amides is 1. The van der Waals surface area contributed by atoms with Crippen molar-refractivity contribution in [3.8, 4) is 0 Å². The summed E-state index contributed by atoms with van der Waals surface area (Å²) >= 11 is 0. The Morgan fingerprint density at radius 3 is 2.75 bits per heavy atom. The summed E-state index contributed by atoms with van der Waals surface area (Å²) in [5.74, 6) is 0.894. The van der Waals surface area contributed by atoms with Crippen LogP contribution >= 0.6 is 0 Å². The van der Waals surface area contributed by atoms with E-state index in [0.717, 1.165) is 32.2 Å². The minimum absolute atomic E-state index is 0.242. The summed E-state index contributed by atoms with van der Waals surface area (Å²) in [6.45, 7) is 5.34. The summed E-state index contributed by atoms with van der Waals surface area (Å²) in [4.78, 5) is 12.3. The molecule has 3 nitrogen and oxygen atoms in total. The molecule has 0 bridgehead atoms. The van der Waals surface area contributed by atoms with Crippen LogP contribution < -0.4 is 10.6 Å². The fourth-order valence-corrected chi connectivity index (χ4v) is 3.13. The molecule has 3 heteroatoms. The van der Waals surface area contributed by atoms with Crippen molar-refractivity contribution in [3.05, 3.63) is 0 Å². The number of hydrogen-bond donors (Lipinski definition) is 2. The van der Waals surface area contributed by atoms with E-state index in [9.17, 15) is 4.79 Å². The number of carbonyl (C=O) groups is 1. The molecule has 2 rings (SSSR count). The molecule has 1 aliphatic heterocycles. The van der Waals surface area contributed by atoms with E-state index < -0.39 is 0 Å². The van der Waals surface area contributed by atoms with Gasteiger partial charge in [0.1, 0.15) is 0 Å². The van der Waals surface area contributed by atoms with Gasteiger partial charge in [-0.2, -0.15) is 0 Å². The summed E-state index contributed by atoms with van der Waals surface area (Å²) in [7, 11) is 0. The van der Waals surface area contributed by atoms with E-state index in [-0.39, 0.29) is 11.4 Å². The first kappa shape index (κ1) is 11.9. The third-order valence-electron chi connectivity index (χ3n) is 4.46. The van der Waals surface area contributed by atoms with Crippen LogP contribution in [0.15, 0.2) is 0 Å². The molecule has 92 valence electrons. The minimum Gasteiger partial charge on any atom is -0.351 e. The Bertz CT molecular complexity index is 259. The maximum atomic E-state index is 12.3. The first-order valence-corrected chi connectivity index (χ1v) is 6.74. The van der Waals surface area contributed by atoms with Gasteiger partial charge in [-0.15, -0.1) is 0 Å². The second-order valence-electron chi connectivity index (χ2n) is 5.45. The lowest BCUT2D eigenvalue weighted by Crippen LogP contribution is -2.55. The van der Waals surface area contributed by atoms with Crippen LogP contribution in [-0.2, 0) is 4.79 Å². The van der Waals surface area contributed by atoms with Gasteiger partial charge in [0.2, 0.25) is 5.91 Å². The molecule has 1 amide bonds. The van der Waals surface area contributed by atoms with Crippen LogP contribution in [0, 0.1) is 5.92 Å². The van der Waals surface area contributed by atoms with Crippen LogP contribution in [0.5, 0.6) is 0 Å². The van der Waals surface area contributed by atoms with Gasteiger partial charge in [0.15, 0.2) is 0 Å². The van der Waals surface area contributed by atoms with E-state index in [2.05, 4.69) is 24.5 Å². The van der Waals surface area contributed by atoms with E-state index in [1.165, 1.54) is 12.8 Å². The molecular weight excluding hydrogens is 200 g/mol. The van der Waals surface area contributed by atoms with E-state index >= 15 is 0 Å².